The van der Waals surface area contributed by atoms with Gasteiger partial charge in [0.15, 0.2) is 0 Å². The standard InChI is InChI=1S/C21H24N2O/c1-16-15-18(23-13-5-6-14-23)9-10-19(16)22-20(24)21(11-12-21)17-7-3-2-4-8-17/h2-4,7-10,15H,5-6,11-14H2,1H3,(H,22,24). The van der Waals surface area contributed by atoms with Crippen LogP contribution in [0.3, 0.4) is 0 Å². The number of rotatable bonds is 4. The number of benzene rings is 2. The van der Waals surface area contributed by atoms with Crippen LogP contribution in [0, 0.1) is 6.92 Å². The van der Waals surface area contributed by atoms with Gasteiger partial charge in [0.25, 0.3) is 0 Å². The van der Waals surface area contributed by atoms with Crippen LogP contribution in [-0.2, 0) is 10.2 Å². The minimum Gasteiger partial charge on any atom is -0.372 e. The van der Waals surface area contributed by atoms with Crippen molar-refractivity contribution in [3.05, 3.63) is 59.7 Å². The molecule has 2 fully saturated rings. The molecule has 2 aromatic carbocycles. The minimum atomic E-state index is -0.318. The van der Waals surface area contributed by atoms with E-state index in [-0.39, 0.29) is 11.3 Å². The van der Waals surface area contributed by atoms with E-state index in [1.807, 2.05) is 18.2 Å². The second kappa shape index (κ2) is 5.97. The van der Waals surface area contributed by atoms with Gasteiger partial charge in [-0.25, -0.2) is 0 Å². The van der Waals surface area contributed by atoms with Crippen molar-refractivity contribution < 1.29 is 4.79 Å². The third kappa shape index (κ3) is 2.68. The fourth-order valence-corrected chi connectivity index (χ4v) is 3.73. The first-order valence-corrected chi connectivity index (χ1v) is 8.92. The van der Waals surface area contributed by atoms with E-state index in [1.54, 1.807) is 0 Å². The lowest BCUT2D eigenvalue weighted by Gasteiger charge is -2.21. The molecule has 1 aliphatic heterocycles. The van der Waals surface area contributed by atoms with Gasteiger partial charge in [-0.15, -0.1) is 0 Å². The van der Waals surface area contributed by atoms with Crippen molar-refractivity contribution in [1.29, 1.82) is 0 Å². The summed E-state index contributed by atoms with van der Waals surface area (Å²) in [6.45, 7) is 4.36. The van der Waals surface area contributed by atoms with Gasteiger partial charge in [-0.3, -0.25) is 4.79 Å². The highest BCUT2D eigenvalue weighted by Crippen LogP contribution is 2.49. The van der Waals surface area contributed by atoms with Crippen molar-refractivity contribution in [3.63, 3.8) is 0 Å². The lowest BCUT2D eigenvalue weighted by molar-refractivity contribution is -0.118. The average Bonchev–Trinajstić information content (AvgIpc) is 3.25. The fraction of sp³-hybridized carbons (Fsp3) is 0.381. The molecule has 2 aromatic rings. The van der Waals surface area contributed by atoms with Crippen LogP contribution in [0.4, 0.5) is 11.4 Å². The van der Waals surface area contributed by atoms with Gasteiger partial charge in [0.2, 0.25) is 5.91 Å². The zero-order valence-electron chi connectivity index (χ0n) is 14.2. The van der Waals surface area contributed by atoms with E-state index in [0.717, 1.165) is 42.7 Å². The first-order chi connectivity index (χ1) is 11.7. The Bertz CT molecular complexity index is 744. The van der Waals surface area contributed by atoms with Crippen molar-refractivity contribution in [1.82, 2.24) is 0 Å². The monoisotopic (exact) mass is 320 g/mol. The average molecular weight is 320 g/mol. The SMILES string of the molecule is Cc1cc(N2CCCC2)ccc1NC(=O)C1(c2ccccc2)CC1. The van der Waals surface area contributed by atoms with Crippen molar-refractivity contribution >= 4 is 17.3 Å². The summed E-state index contributed by atoms with van der Waals surface area (Å²) in [6.07, 6.45) is 4.43. The summed E-state index contributed by atoms with van der Waals surface area (Å²) in [5.41, 5.74) is 4.16. The minimum absolute atomic E-state index is 0.130. The summed E-state index contributed by atoms with van der Waals surface area (Å²) in [6, 6.07) is 16.5. The first-order valence-electron chi connectivity index (χ1n) is 8.92. The normalized spacial score (nSPS) is 18.5. The number of amides is 1. The zero-order valence-corrected chi connectivity index (χ0v) is 14.2. The number of nitrogens with one attached hydrogen (secondary N) is 1. The number of carbonyl (C=O) groups is 1. The lowest BCUT2D eigenvalue weighted by atomic mass is 9.95. The molecule has 3 nitrogen and oxygen atoms in total. The highest BCUT2D eigenvalue weighted by atomic mass is 16.2. The quantitative estimate of drug-likeness (QED) is 0.912. The Balaban J connectivity index is 1.52. The van der Waals surface area contributed by atoms with Gasteiger partial charge in [0.1, 0.15) is 0 Å². The smallest absolute Gasteiger partial charge is 0.235 e. The molecule has 3 heteroatoms. The molecule has 1 aliphatic carbocycles. The zero-order chi connectivity index (χ0) is 16.6. The molecule has 4 rings (SSSR count). The molecule has 0 atom stereocenters. The van der Waals surface area contributed by atoms with Crippen LogP contribution in [0.25, 0.3) is 0 Å². The molecule has 1 amide bonds. The predicted octanol–water partition coefficient (Wildman–Crippen LogP) is 4.27. The first kappa shape index (κ1) is 15.3. The molecule has 1 N–H and O–H groups in total. The maximum Gasteiger partial charge on any atom is 0.235 e. The van der Waals surface area contributed by atoms with Gasteiger partial charge in [0, 0.05) is 24.5 Å². The van der Waals surface area contributed by atoms with Crippen LogP contribution in [0.1, 0.15) is 36.8 Å². The summed E-state index contributed by atoms with van der Waals surface area (Å²) in [7, 11) is 0. The highest BCUT2D eigenvalue weighted by molar-refractivity contribution is 6.02. The Morgan fingerprint density at radius 1 is 1.04 bits per heavy atom. The van der Waals surface area contributed by atoms with Crippen molar-refractivity contribution in [2.24, 2.45) is 0 Å². The molecule has 1 saturated heterocycles. The Kier molecular flexibility index (Phi) is 3.79. The summed E-state index contributed by atoms with van der Waals surface area (Å²) < 4.78 is 0. The second-order valence-corrected chi connectivity index (χ2v) is 7.10. The van der Waals surface area contributed by atoms with Gasteiger partial charge in [-0.1, -0.05) is 30.3 Å². The van der Waals surface area contributed by atoms with Crippen molar-refractivity contribution in [2.75, 3.05) is 23.3 Å². The third-order valence-corrected chi connectivity index (χ3v) is 5.44. The van der Waals surface area contributed by atoms with Crippen LogP contribution in [0.5, 0.6) is 0 Å². The van der Waals surface area contributed by atoms with Crippen LogP contribution in [0.15, 0.2) is 48.5 Å². The Hall–Kier alpha value is -2.29. The van der Waals surface area contributed by atoms with Crippen LogP contribution >= 0.6 is 0 Å². The molecule has 0 spiro atoms. The van der Waals surface area contributed by atoms with E-state index >= 15 is 0 Å². The molecule has 2 aliphatic rings. The van der Waals surface area contributed by atoms with E-state index in [1.165, 1.54) is 18.5 Å². The summed E-state index contributed by atoms with van der Waals surface area (Å²) in [5, 5.41) is 3.17. The third-order valence-electron chi connectivity index (χ3n) is 5.44. The molecule has 1 heterocycles. The van der Waals surface area contributed by atoms with Gasteiger partial charge < -0.3 is 10.2 Å². The molecule has 0 radical (unpaired) electrons. The van der Waals surface area contributed by atoms with Gasteiger partial charge >= 0.3 is 0 Å². The molecule has 1 saturated carbocycles. The molecular formula is C21H24N2O. The maximum absolute atomic E-state index is 12.9. The number of hydrogen-bond donors (Lipinski definition) is 1. The number of nitrogens with zero attached hydrogens (tertiary/aromatic N) is 1. The van der Waals surface area contributed by atoms with E-state index in [2.05, 4.69) is 47.5 Å². The van der Waals surface area contributed by atoms with Gasteiger partial charge in [0.05, 0.1) is 5.41 Å². The Labute approximate surface area is 143 Å². The molecule has 0 unspecified atom stereocenters. The van der Waals surface area contributed by atoms with E-state index in [9.17, 15) is 4.79 Å². The van der Waals surface area contributed by atoms with E-state index < -0.39 is 0 Å². The highest BCUT2D eigenvalue weighted by Gasteiger charge is 2.51. The molecule has 0 aromatic heterocycles. The number of anilines is 2. The van der Waals surface area contributed by atoms with Crippen LogP contribution in [-0.4, -0.2) is 19.0 Å². The van der Waals surface area contributed by atoms with Crippen molar-refractivity contribution in [3.8, 4) is 0 Å². The number of carbonyl (C=O) groups excluding carboxylic acids is 1. The summed E-state index contributed by atoms with van der Waals surface area (Å²) >= 11 is 0. The topological polar surface area (TPSA) is 32.3 Å². The largest absolute Gasteiger partial charge is 0.372 e. The molecule has 0 bridgehead atoms. The van der Waals surface area contributed by atoms with Crippen molar-refractivity contribution in [2.45, 2.75) is 38.0 Å². The number of hydrogen-bond acceptors (Lipinski definition) is 2. The summed E-state index contributed by atoms with van der Waals surface area (Å²) in [4.78, 5) is 15.3. The van der Waals surface area contributed by atoms with E-state index in [4.69, 9.17) is 0 Å². The molecule has 124 valence electrons. The number of aryl methyl sites for hydroxylation is 1. The second-order valence-electron chi connectivity index (χ2n) is 7.10. The Morgan fingerprint density at radius 3 is 2.38 bits per heavy atom. The molecular weight excluding hydrogens is 296 g/mol. The van der Waals surface area contributed by atoms with Gasteiger partial charge in [-0.2, -0.15) is 0 Å². The van der Waals surface area contributed by atoms with Crippen LogP contribution in [0.2, 0.25) is 0 Å². The van der Waals surface area contributed by atoms with Crippen LogP contribution < -0.4 is 10.2 Å². The fourth-order valence-electron chi connectivity index (χ4n) is 3.73. The van der Waals surface area contributed by atoms with E-state index in [0.29, 0.717) is 0 Å². The van der Waals surface area contributed by atoms with Gasteiger partial charge in [-0.05, 0) is 61.9 Å². The maximum atomic E-state index is 12.9. The predicted molar refractivity (Wildman–Crippen MR) is 98.6 cm³/mol. The lowest BCUT2D eigenvalue weighted by Crippen LogP contribution is -2.28. The molecule has 24 heavy (non-hydrogen) atoms. The summed E-state index contributed by atoms with van der Waals surface area (Å²) in [5.74, 6) is 0.130. The Morgan fingerprint density at radius 2 is 1.75 bits per heavy atom.